The number of hydrogen-bond donors (Lipinski definition) is 1. The predicted octanol–water partition coefficient (Wildman–Crippen LogP) is 3.68. The van der Waals surface area contributed by atoms with E-state index >= 15 is 0 Å². The first-order chi connectivity index (χ1) is 11.5. The highest BCUT2D eigenvalue weighted by Gasteiger charge is 2.18. The van der Waals surface area contributed by atoms with Crippen LogP contribution >= 0.6 is 11.8 Å². The Kier molecular flexibility index (Phi) is 5.04. The van der Waals surface area contributed by atoms with Crippen molar-refractivity contribution in [2.75, 3.05) is 18.0 Å². The largest absolute Gasteiger partial charge is 0.478 e. The first kappa shape index (κ1) is 16.8. The molecule has 1 saturated heterocycles. The number of anilines is 1. The lowest BCUT2D eigenvalue weighted by atomic mass is 10.1. The summed E-state index contributed by atoms with van der Waals surface area (Å²) in [5.41, 5.74) is 3.43. The first-order valence-corrected chi connectivity index (χ1v) is 9.08. The van der Waals surface area contributed by atoms with Gasteiger partial charge < -0.3 is 10.0 Å². The third-order valence-electron chi connectivity index (χ3n) is 4.29. The van der Waals surface area contributed by atoms with Crippen LogP contribution < -0.4 is 4.90 Å². The van der Waals surface area contributed by atoms with Gasteiger partial charge in [0, 0.05) is 30.1 Å². The molecule has 6 heteroatoms. The van der Waals surface area contributed by atoms with Gasteiger partial charge in [-0.25, -0.2) is 14.8 Å². The van der Waals surface area contributed by atoms with Crippen molar-refractivity contribution in [1.29, 1.82) is 0 Å². The van der Waals surface area contributed by atoms with Gasteiger partial charge in [0.2, 0.25) is 0 Å². The molecular formula is C18H21N3O2S. The normalized spacial score (nSPS) is 14.2. The number of thioether (sulfide) groups is 1. The third-order valence-corrected chi connectivity index (χ3v) is 5.21. The molecule has 1 aliphatic heterocycles. The van der Waals surface area contributed by atoms with Crippen LogP contribution in [0.25, 0.3) is 0 Å². The lowest BCUT2D eigenvalue weighted by Crippen LogP contribution is -2.21. The summed E-state index contributed by atoms with van der Waals surface area (Å²) in [6, 6.07) is 7.02. The van der Waals surface area contributed by atoms with Gasteiger partial charge in [0.05, 0.1) is 5.56 Å². The molecule has 1 aromatic carbocycles. The zero-order valence-corrected chi connectivity index (χ0v) is 14.8. The van der Waals surface area contributed by atoms with Crippen LogP contribution in [0.4, 0.5) is 5.82 Å². The van der Waals surface area contributed by atoms with Crippen molar-refractivity contribution < 1.29 is 9.90 Å². The molecule has 0 amide bonds. The molecule has 0 aliphatic carbocycles. The van der Waals surface area contributed by atoms with E-state index in [2.05, 4.69) is 16.8 Å². The zero-order chi connectivity index (χ0) is 17.1. The number of rotatable bonds is 5. The Morgan fingerprint density at radius 2 is 2.00 bits per heavy atom. The second-order valence-electron chi connectivity index (χ2n) is 6.03. The molecule has 0 bridgehead atoms. The molecule has 0 atom stereocenters. The van der Waals surface area contributed by atoms with Gasteiger partial charge in [-0.3, -0.25) is 0 Å². The molecular weight excluding hydrogens is 322 g/mol. The highest BCUT2D eigenvalue weighted by atomic mass is 32.2. The lowest BCUT2D eigenvalue weighted by molar-refractivity contribution is 0.0697. The fourth-order valence-corrected chi connectivity index (χ4v) is 3.66. The summed E-state index contributed by atoms with van der Waals surface area (Å²) in [4.78, 5) is 22.7. The van der Waals surface area contributed by atoms with Crippen molar-refractivity contribution in [2.45, 2.75) is 37.6 Å². The van der Waals surface area contributed by atoms with Crippen LogP contribution in [0, 0.1) is 13.8 Å². The standard InChI is InChI=1S/C18H21N3O2S/c1-12-13(2)19-18(20-16(12)21-8-3-4-9-21)24-11-14-6-5-7-15(10-14)17(22)23/h5-7,10H,3-4,8-9,11H2,1-2H3,(H,22,23). The van der Waals surface area contributed by atoms with Crippen molar-refractivity contribution in [3.05, 3.63) is 46.6 Å². The minimum atomic E-state index is -0.902. The van der Waals surface area contributed by atoms with E-state index < -0.39 is 5.97 Å². The van der Waals surface area contributed by atoms with Crippen LogP contribution in [0.3, 0.4) is 0 Å². The number of aryl methyl sites for hydroxylation is 1. The van der Waals surface area contributed by atoms with Crippen LogP contribution in [-0.2, 0) is 5.75 Å². The number of nitrogens with zero attached hydrogens (tertiary/aromatic N) is 3. The van der Waals surface area contributed by atoms with Gasteiger partial charge in [-0.2, -0.15) is 0 Å². The molecule has 1 N–H and O–H groups in total. The molecule has 2 aromatic rings. The van der Waals surface area contributed by atoms with Crippen LogP contribution in [0.2, 0.25) is 0 Å². The van der Waals surface area contributed by atoms with E-state index in [4.69, 9.17) is 10.1 Å². The Morgan fingerprint density at radius 1 is 1.25 bits per heavy atom. The van der Waals surface area contributed by atoms with E-state index in [-0.39, 0.29) is 0 Å². The number of benzene rings is 1. The average Bonchev–Trinajstić information content (AvgIpc) is 3.10. The Labute approximate surface area is 146 Å². The summed E-state index contributed by atoms with van der Waals surface area (Å²) in [6.07, 6.45) is 2.43. The van der Waals surface area contributed by atoms with Crippen LogP contribution in [0.1, 0.15) is 40.0 Å². The van der Waals surface area contributed by atoms with Crippen molar-refractivity contribution in [1.82, 2.24) is 9.97 Å². The fourth-order valence-electron chi connectivity index (χ4n) is 2.83. The minimum absolute atomic E-state index is 0.312. The topological polar surface area (TPSA) is 66.3 Å². The van der Waals surface area contributed by atoms with Gasteiger partial charge >= 0.3 is 5.97 Å². The van der Waals surface area contributed by atoms with Crippen molar-refractivity contribution >= 4 is 23.5 Å². The van der Waals surface area contributed by atoms with Crippen molar-refractivity contribution in [3.8, 4) is 0 Å². The van der Waals surface area contributed by atoms with E-state index in [9.17, 15) is 4.79 Å². The van der Waals surface area contributed by atoms with Gasteiger partial charge in [-0.15, -0.1) is 0 Å². The minimum Gasteiger partial charge on any atom is -0.478 e. The quantitative estimate of drug-likeness (QED) is 0.660. The second-order valence-corrected chi connectivity index (χ2v) is 6.97. The molecule has 0 spiro atoms. The average molecular weight is 343 g/mol. The SMILES string of the molecule is Cc1nc(SCc2cccc(C(=O)O)c2)nc(N2CCCC2)c1C. The summed E-state index contributed by atoms with van der Waals surface area (Å²) in [7, 11) is 0. The Hall–Kier alpha value is -2.08. The number of aromatic nitrogens is 2. The molecule has 0 radical (unpaired) electrons. The lowest BCUT2D eigenvalue weighted by Gasteiger charge is -2.20. The van der Waals surface area contributed by atoms with Crippen LogP contribution in [-0.4, -0.2) is 34.1 Å². The molecule has 5 nitrogen and oxygen atoms in total. The van der Waals surface area contributed by atoms with Gasteiger partial charge in [0.15, 0.2) is 5.16 Å². The molecule has 3 rings (SSSR count). The maximum absolute atomic E-state index is 11.1. The monoisotopic (exact) mass is 343 g/mol. The number of carboxylic acid groups (broad SMARTS) is 1. The molecule has 1 aliphatic rings. The maximum atomic E-state index is 11.1. The number of aromatic carboxylic acids is 1. The van der Waals surface area contributed by atoms with E-state index in [0.29, 0.717) is 11.3 Å². The van der Waals surface area contributed by atoms with Gasteiger partial charge in [0.25, 0.3) is 0 Å². The van der Waals surface area contributed by atoms with Gasteiger partial charge in [-0.05, 0) is 44.4 Å². The number of carboxylic acids is 1. The Balaban J connectivity index is 1.77. The number of hydrogen-bond acceptors (Lipinski definition) is 5. The van der Waals surface area contributed by atoms with E-state index in [1.165, 1.54) is 12.8 Å². The van der Waals surface area contributed by atoms with E-state index in [1.54, 1.807) is 30.0 Å². The molecule has 24 heavy (non-hydrogen) atoms. The highest BCUT2D eigenvalue weighted by molar-refractivity contribution is 7.98. The summed E-state index contributed by atoms with van der Waals surface area (Å²) >= 11 is 1.55. The smallest absolute Gasteiger partial charge is 0.335 e. The summed E-state index contributed by atoms with van der Waals surface area (Å²) in [6.45, 7) is 6.21. The summed E-state index contributed by atoms with van der Waals surface area (Å²) < 4.78 is 0. The van der Waals surface area contributed by atoms with E-state index in [1.807, 2.05) is 13.0 Å². The third kappa shape index (κ3) is 3.70. The van der Waals surface area contributed by atoms with Crippen LogP contribution in [0.15, 0.2) is 29.4 Å². The van der Waals surface area contributed by atoms with Crippen LogP contribution in [0.5, 0.6) is 0 Å². The maximum Gasteiger partial charge on any atom is 0.335 e. The van der Waals surface area contributed by atoms with Gasteiger partial charge in [0.1, 0.15) is 5.82 Å². The second kappa shape index (κ2) is 7.21. The van der Waals surface area contributed by atoms with Gasteiger partial charge in [-0.1, -0.05) is 23.9 Å². The van der Waals surface area contributed by atoms with Crippen molar-refractivity contribution in [3.63, 3.8) is 0 Å². The Bertz CT molecular complexity index is 758. The predicted molar refractivity (Wildman–Crippen MR) is 95.9 cm³/mol. The first-order valence-electron chi connectivity index (χ1n) is 8.10. The zero-order valence-electron chi connectivity index (χ0n) is 14.0. The molecule has 2 heterocycles. The fraction of sp³-hybridized carbons (Fsp3) is 0.389. The molecule has 0 saturated carbocycles. The number of carbonyl (C=O) groups is 1. The van der Waals surface area contributed by atoms with Crippen molar-refractivity contribution in [2.24, 2.45) is 0 Å². The Morgan fingerprint density at radius 3 is 2.71 bits per heavy atom. The highest BCUT2D eigenvalue weighted by Crippen LogP contribution is 2.28. The summed E-state index contributed by atoms with van der Waals surface area (Å²) in [5, 5.41) is 9.83. The molecule has 1 aromatic heterocycles. The van der Waals surface area contributed by atoms with E-state index in [0.717, 1.165) is 40.9 Å². The summed E-state index contributed by atoms with van der Waals surface area (Å²) in [5.74, 6) is 0.797. The molecule has 1 fully saturated rings. The molecule has 0 unspecified atom stereocenters. The molecule has 126 valence electrons.